The van der Waals surface area contributed by atoms with Crippen molar-refractivity contribution < 1.29 is 18.4 Å². The molecule has 0 bridgehead atoms. The molecule has 4 rings (SSSR count). The van der Waals surface area contributed by atoms with Crippen molar-refractivity contribution in [2.45, 2.75) is 12.8 Å². The Morgan fingerprint density at radius 3 is 2.41 bits per heavy atom. The molecule has 3 aromatic rings. The molecule has 2 amide bonds. The Bertz CT molecular complexity index is 1070. The van der Waals surface area contributed by atoms with E-state index in [-0.39, 0.29) is 17.4 Å². The summed E-state index contributed by atoms with van der Waals surface area (Å²) in [7, 11) is 0. The third-order valence-corrected chi connectivity index (χ3v) is 5.36. The fourth-order valence-electron chi connectivity index (χ4n) is 3.75. The second-order valence-corrected chi connectivity index (χ2v) is 7.21. The van der Waals surface area contributed by atoms with Crippen molar-refractivity contribution in [3.8, 4) is 0 Å². The number of rotatable bonds is 3. The third-order valence-electron chi connectivity index (χ3n) is 5.36. The average molecular weight is 394 g/mol. The maximum Gasteiger partial charge on any atom is 0.256 e. The van der Waals surface area contributed by atoms with Gasteiger partial charge in [0.1, 0.15) is 11.6 Å². The number of fused-ring (bicyclic) bond motifs is 1. The highest BCUT2D eigenvalue weighted by Crippen LogP contribution is 2.26. The summed E-state index contributed by atoms with van der Waals surface area (Å²) in [6.07, 6.45) is 0.982. The molecule has 148 valence electrons. The zero-order valence-corrected chi connectivity index (χ0v) is 15.7. The molecule has 3 aromatic carbocycles. The summed E-state index contributed by atoms with van der Waals surface area (Å²) >= 11 is 0. The van der Waals surface area contributed by atoms with Gasteiger partial charge in [-0.05, 0) is 36.4 Å². The Morgan fingerprint density at radius 1 is 0.931 bits per heavy atom. The Morgan fingerprint density at radius 2 is 1.66 bits per heavy atom. The number of halogens is 2. The summed E-state index contributed by atoms with van der Waals surface area (Å²) in [6, 6.07) is 16.5. The Balaban J connectivity index is 1.40. The molecule has 0 radical (unpaired) electrons. The van der Waals surface area contributed by atoms with Crippen LogP contribution in [0.2, 0.25) is 0 Å². The molecule has 0 aliphatic carbocycles. The Hall–Kier alpha value is -3.28. The number of nitrogens with zero attached hydrogens (tertiary/aromatic N) is 1. The number of carbonyl (C=O) groups excluding carboxylic acids is 2. The monoisotopic (exact) mass is 394 g/mol. The summed E-state index contributed by atoms with van der Waals surface area (Å²) in [4.78, 5) is 26.8. The molecular formula is C23H20F2N2O2. The second-order valence-electron chi connectivity index (χ2n) is 7.21. The molecule has 6 heteroatoms. The smallest absolute Gasteiger partial charge is 0.256 e. The lowest BCUT2D eigenvalue weighted by atomic mass is 9.95. The van der Waals surface area contributed by atoms with Crippen LogP contribution in [0.3, 0.4) is 0 Å². The summed E-state index contributed by atoms with van der Waals surface area (Å²) in [5.41, 5.74) is 0.616. The zero-order chi connectivity index (χ0) is 20.4. The fraction of sp³-hybridized carbons (Fsp3) is 0.217. The highest BCUT2D eigenvalue weighted by atomic mass is 19.1. The van der Waals surface area contributed by atoms with E-state index in [4.69, 9.17) is 0 Å². The molecule has 0 saturated carbocycles. The zero-order valence-electron chi connectivity index (χ0n) is 15.7. The van der Waals surface area contributed by atoms with E-state index in [1.807, 2.05) is 42.5 Å². The van der Waals surface area contributed by atoms with E-state index in [1.54, 1.807) is 0 Å². The van der Waals surface area contributed by atoms with Gasteiger partial charge in [0.15, 0.2) is 0 Å². The highest BCUT2D eigenvalue weighted by Gasteiger charge is 2.29. The van der Waals surface area contributed by atoms with Crippen molar-refractivity contribution in [3.05, 3.63) is 77.9 Å². The van der Waals surface area contributed by atoms with Crippen LogP contribution < -0.4 is 5.32 Å². The molecule has 29 heavy (non-hydrogen) atoms. The number of likely N-dealkylation sites (tertiary alicyclic amines) is 1. The SMILES string of the molecule is O=C(Nc1cccc2ccccc12)C1CCN(C(=O)c2ccc(F)cc2F)CC1. The van der Waals surface area contributed by atoms with Crippen LogP contribution in [0.5, 0.6) is 0 Å². The van der Waals surface area contributed by atoms with Gasteiger partial charge in [-0.1, -0.05) is 36.4 Å². The predicted molar refractivity (Wildman–Crippen MR) is 108 cm³/mol. The minimum atomic E-state index is -0.870. The van der Waals surface area contributed by atoms with Crippen molar-refractivity contribution in [2.24, 2.45) is 5.92 Å². The van der Waals surface area contributed by atoms with Crippen molar-refractivity contribution in [3.63, 3.8) is 0 Å². The number of hydrogen-bond acceptors (Lipinski definition) is 2. The summed E-state index contributed by atoms with van der Waals surface area (Å²) in [6.45, 7) is 0.701. The predicted octanol–water partition coefficient (Wildman–Crippen LogP) is 4.61. The number of piperidine rings is 1. The minimum Gasteiger partial charge on any atom is -0.339 e. The van der Waals surface area contributed by atoms with Gasteiger partial charge in [0, 0.05) is 36.1 Å². The molecule has 0 unspecified atom stereocenters. The summed E-state index contributed by atoms with van der Waals surface area (Å²) in [5, 5.41) is 5.02. The quantitative estimate of drug-likeness (QED) is 0.705. The molecule has 1 fully saturated rings. The molecule has 1 aliphatic heterocycles. The molecule has 0 spiro atoms. The van der Waals surface area contributed by atoms with Crippen LogP contribution in [0.15, 0.2) is 60.7 Å². The molecule has 0 aromatic heterocycles. The number of benzene rings is 3. The van der Waals surface area contributed by atoms with Crippen molar-refractivity contribution in [2.75, 3.05) is 18.4 Å². The normalized spacial score (nSPS) is 14.8. The summed E-state index contributed by atoms with van der Waals surface area (Å²) < 4.78 is 26.9. The highest BCUT2D eigenvalue weighted by molar-refractivity contribution is 6.03. The van der Waals surface area contributed by atoms with E-state index < -0.39 is 17.5 Å². The number of amides is 2. The minimum absolute atomic E-state index is 0.0820. The molecule has 1 saturated heterocycles. The van der Waals surface area contributed by atoms with Crippen molar-refractivity contribution in [1.29, 1.82) is 0 Å². The number of nitrogens with one attached hydrogen (secondary N) is 1. The Labute approximate surface area is 167 Å². The van der Waals surface area contributed by atoms with Gasteiger partial charge in [-0.15, -0.1) is 0 Å². The van der Waals surface area contributed by atoms with Gasteiger partial charge in [0.25, 0.3) is 5.91 Å². The first-order valence-corrected chi connectivity index (χ1v) is 9.56. The molecule has 4 nitrogen and oxygen atoms in total. The number of hydrogen-bond donors (Lipinski definition) is 1. The Kier molecular flexibility index (Phi) is 5.25. The van der Waals surface area contributed by atoms with Crippen LogP contribution in [-0.4, -0.2) is 29.8 Å². The van der Waals surface area contributed by atoms with E-state index in [1.165, 1.54) is 4.90 Å². The standard InChI is InChI=1S/C23H20F2N2O2/c24-17-8-9-19(20(25)14-17)23(29)27-12-10-16(11-13-27)22(28)26-21-7-3-5-15-4-1-2-6-18(15)21/h1-9,14,16H,10-13H2,(H,26,28). The third kappa shape index (κ3) is 3.97. The van der Waals surface area contributed by atoms with Crippen molar-refractivity contribution >= 4 is 28.3 Å². The van der Waals surface area contributed by atoms with Gasteiger partial charge in [-0.25, -0.2) is 8.78 Å². The van der Waals surface area contributed by atoms with E-state index in [2.05, 4.69) is 5.32 Å². The van der Waals surface area contributed by atoms with E-state index >= 15 is 0 Å². The van der Waals surface area contributed by atoms with Crippen LogP contribution in [0, 0.1) is 17.6 Å². The number of carbonyl (C=O) groups is 2. The first-order valence-electron chi connectivity index (χ1n) is 9.56. The first kappa shape index (κ1) is 19.1. The van der Waals surface area contributed by atoms with Gasteiger partial charge in [0.2, 0.25) is 5.91 Å². The molecular weight excluding hydrogens is 374 g/mol. The van der Waals surface area contributed by atoms with Crippen LogP contribution in [-0.2, 0) is 4.79 Å². The van der Waals surface area contributed by atoms with E-state index in [0.717, 1.165) is 28.6 Å². The molecule has 1 aliphatic rings. The lowest BCUT2D eigenvalue weighted by Gasteiger charge is -2.31. The lowest BCUT2D eigenvalue weighted by molar-refractivity contribution is -0.121. The van der Waals surface area contributed by atoms with Gasteiger partial charge < -0.3 is 10.2 Å². The van der Waals surface area contributed by atoms with E-state index in [9.17, 15) is 18.4 Å². The van der Waals surface area contributed by atoms with Gasteiger partial charge in [-0.2, -0.15) is 0 Å². The average Bonchev–Trinajstić information content (AvgIpc) is 2.74. The van der Waals surface area contributed by atoms with Crippen molar-refractivity contribution in [1.82, 2.24) is 4.90 Å². The summed E-state index contributed by atoms with van der Waals surface area (Å²) in [5.74, 6) is -2.37. The van der Waals surface area contributed by atoms with Crippen LogP contribution >= 0.6 is 0 Å². The lowest BCUT2D eigenvalue weighted by Crippen LogP contribution is -2.41. The molecule has 0 atom stereocenters. The molecule has 1 heterocycles. The van der Waals surface area contributed by atoms with Gasteiger partial charge >= 0.3 is 0 Å². The molecule has 1 N–H and O–H groups in total. The van der Waals surface area contributed by atoms with Crippen LogP contribution in [0.25, 0.3) is 10.8 Å². The largest absolute Gasteiger partial charge is 0.339 e. The van der Waals surface area contributed by atoms with E-state index in [0.29, 0.717) is 32.0 Å². The maximum atomic E-state index is 13.9. The van der Waals surface area contributed by atoms with Gasteiger partial charge in [0.05, 0.1) is 5.56 Å². The maximum absolute atomic E-state index is 13.9. The van der Waals surface area contributed by atoms with Gasteiger partial charge in [-0.3, -0.25) is 9.59 Å². The fourth-order valence-corrected chi connectivity index (χ4v) is 3.75. The second kappa shape index (κ2) is 7.99. The number of anilines is 1. The van der Waals surface area contributed by atoms with Crippen LogP contribution in [0.1, 0.15) is 23.2 Å². The van der Waals surface area contributed by atoms with Crippen LogP contribution in [0.4, 0.5) is 14.5 Å². The topological polar surface area (TPSA) is 49.4 Å². The first-order chi connectivity index (χ1) is 14.0.